The van der Waals surface area contributed by atoms with Crippen LogP contribution in [0, 0.1) is 0 Å². The normalized spacial score (nSPS) is 11.4. The second-order valence-electron chi connectivity index (χ2n) is 5.76. The van der Waals surface area contributed by atoms with E-state index in [0.29, 0.717) is 0 Å². The molecule has 0 bridgehead atoms. The predicted octanol–water partition coefficient (Wildman–Crippen LogP) is 6.80. The molecule has 1 heteroatoms. The van der Waals surface area contributed by atoms with Crippen molar-refractivity contribution in [2.75, 3.05) is 0 Å². The van der Waals surface area contributed by atoms with Crippen molar-refractivity contribution in [2.45, 2.75) is 103 Å². The zero-order valence-corrected chi connectivity index (χ0v) is 13.2. The van der Waals surface area contributed by atoms with E-state index in [4.69, 9.17) is 0 Å². The van der Waals surface area contributed by atoms with Crippen LogP contribution in [0.5, 0.6) is 0 Å². The van der Waals surface area contributed by atoms with Gasteiger partial charge in [-0.05, 0) is 18.9 Å². The van der Waals surface area contributed by atoms with Gasteiger partial charge in [0.05, 0.1) is 0 Å². The highest BCUT2D eigenvalue weighted by Gasteiger charge is 1.93. The molecule has 0 saturated carbocycles. The van der Waals surface area contributed by atoms with Crippen molar-refractivity contribution >= 4 is 0 Å². The van der Waals surface area contributed by atoms with Gasteiger partial charge in [-0.1, -0.05) is 90.4 Å². The van der Waals surface area contributed by atoms with Crippen LogP contribution in [0.4, 0.5) is 0 Å². The van der Waals surface area contributed by atoms with Crippen LogP contribution in [0.25, 0.3) is 0 Å². The maximum atomic E-state index is 10.1. The van der Waals surface area contributed by atoms with Crippen molar-refractivity contribution in [3.8, 4) is 0 Å². The number of unbranched alkanes of at least 4 members (excludes halogenated alkanes) is 14. The first-order valence-electron chi connectivity index (χ1n) is 8.68. The Labute approximate surface area is 121 Å². The summed E-state index contributed by atoms with van der Waals surface area (Å²) in [7, 11) is 0. The van der Waals surface area contributed by atoms with Crippen molar-refractivity contribution < 1.29 is 5.11 Å². The fourth-order valence-corrected chi connectivity index (χ4v) is 2.52. The molecule has 0 N–H and O–H groups in total. The Balaban J connectivity index is 2.91. The molecule has 0 saturated heterocycles. The predicted molar refractivity (Wildman–Crippen MR) is 84.8 cm³/mol. The SMILES string of the molecule is CCCCCCCCCCCCCCCCC=C[O]. The Hall–Kier alpha value is -0.460. The molecule has 1 radical (unpaired) electrons. The van der Waals surface area contributed by atoms with E-state index in [1.54, 1.807) is 6.08 Å². The molecule has 0 heterocycles. The maximum absolute atomic E-state index is 10.1. The summed E-state index contributed by atoms with van der Waals surface area (Å²) in [5.41, 5.74) is 0. The number of rotatable bonds is 15. The van der Waals surface area contributed by atoms with Crippen LogP contribution in [0.15, 0.2) is 12.3 Å². The van der Waals surface area contributed by atoms with Gasteiger partial charge in [0.2, 0.25) is 0 Å². The average molecular weight is 267 g/mol. The minimum Gasteiger partial charge on any atom is -0.299 e. The van der Waals surface area contributed by atoms with Crippen LogP contribution >= 0.6 is 0 Å². The summed E-state index contributed by atoms with van der Waals surface area (Å²) in [5.74, 6) is 0. The second kappa shape index (κ2) is 17.5. The Morgan fingerprint density at radius 1 is 0.579 bits per heavy atom. The van der Waals surface area contributed by atoms with Crippen LogP contribution < -0.4 is 0 Å². The highest BCUT2D eigenvalue weighted by atomic mass is 16.2. The molecule has 0 atom stereocenters. The maximum Gasteiger partial charge on any atom is 0.138 e. The topological polar surface area (TPSA) is 19.9 Å². The third kappa shape index (κ3) is 17.5. The van der Waals surface area contributed by atoms with Gasteiger partial charge in [0.1, 0.15) is 6.26 Å². The summed E-state index contributed by atoms with van der Waals surface area (Å²) in [6.45, 7) is 2.28. The van der Waals surface area contributed by atoms with Crippen LogP contribution in [0.3, 0.4) is 0 Å². The zero-order valence-electron chi connectivity index (χ0n) is 13.2. The van der Waals surface area contributed by atoms with Gasteiger partial charge >= 0.3 is 0 Å². The van der Waals surface area contributed by atoms with Crippen molar-refractivity contribution in [3.63, 3.8) is 0 Å². The first-order chi connectivity index (χ1) is 9.41. The van der Waals surface area contributed by atoms with Gasteiger partial charge in [-0.3, -0.25) is 5.11 Å². The first kappa shape index (κ1) is 18.5. The van der Waals surface area contributed by atoms with Gasteiger partial charge in [-0.15, -0.1) is 0 Å². The van der Waals surface area contributed by atoms with Gasteiger partial charge in [-0.25, -0.2) is 0 Å². The highest BCUT2D eigenvalue weighted by Crippen LogP contribution is 2.13. The lowest BCUT2D eigenvalue weighted by Gasteiger charge is -2.02. The summed E-state index contributed by atoms with van der Waals surface area (Å²) >= 11 is 0. The van der Waals surface area contributed by atoms with E-state index < -0.39 is 0 Å². The fourth-order valence-electron chi connectivity index (χ4n) is 2.52. The van der Waals surface area contributed by atoms with Crippen LogP contribution in [-0.4, -0.2) is 0 Å². The molecule has 19 heavy (non-hydrogen) atoms. The number of allylic oxidation sites excluding steroid dienone is 1. The highest BCUT2D eigenvalue weighted by molar-refractivity contribution is 4.70. The van der Waals surface area contributed by atoms with Crippen molar-refractivity contribution in [1.82, 2.24) is 0 Å². The fraction of sp³-hybridized carbons (Fsp3) is 0.889. The second-order valence-corrected chi connectivity index (χ2v) is 5.76. The molecular formula is C18H35O. The molecule has 0 fully saturated rings. The van der Waals surface area contributed by atoms with Gasteiger partial charge in [0, 0.05) is 0 Å². The molecule has 0 amide bonds. The molecule has 0 aromatic carbocycles. The minimum absolute atomic E-state index is 0.919. The Morgan fingerprint density at radius 3 is 1.32 bits per heavy atom. The molecule has 0 spiro atoms. The lowest BCUT2D eigenvalue weighted by Crippen LogP contribution is -1.83. The van der Waals surface area contributed by atoms with Crippen molar-refractivity contribution in [2.24, 2.45) is 0 Å². The summed E-state index contributed by atoms with van der Waals surface area (Å²) in [4.78, 5) is 0. The van der Waals surface area contributed by atoms with Gasteiger partial charge < -0.3 is 0 Å². The Bertz CT molecular complexity index is 175. The van der Waals surface area contributed by atoms with E-state index in [0.717, 1.165) is 12.7 Å². The zero-order chi connectivity index (χ0) is 14.0. The van der Waals surface area contributed by atoms with E-state index in [1.807, 2.05) is 0 Å². The molecule has 0 unspecified atom stereocenters. The Kier molecular flexibility index (Phi) is 17.1. The molecule has 0 rings (SSSR count). The first-order valence-corrected chi connectivity index (χ1v) is 8.68. The molecule has 0 aliphatic carbocycles. The molecule has 113 valence electrons. The summed E-state index contributed by atoms with van der Waals surface area (Å²) in [5, 5.41) is 10.1. The summed E-state index contributed by atoms with van der Waals surface area (Å²) < 4.78 is 0. The minimum atomic E-state index is 0.919. The van der Waals surface area contributed by atoms with E-state index in [2.05, 4.69) is 6.92 Å². The quantitative estimate of drug-likeness (QED) is 0.229. The molecule has 0 aliphatic rings. The number of hydrogen-bond donors (Lipinski definition) is 0. The molecule has 0 aliphatic heterocycles. The van der Waals surface area contributed by atoms with E-state index in [9.17, 15) is 5.11 Å². The number of hydrogen-bond acceptors (Lipinski definition) is 0. The Morgan fingerprint density at radius 2 is 0.947 bits per heavy atom. The largest absolute Gasteiger partial charge is 0.299 e. The van der Waals surface area contributed by atoms with E-state index in [1.165, 1.54) is 89.9 Å². The lowest BCUT2D eigenvalue weighted by atomic mass is 10.0. The molecule has 0 aromatic rings. The smallest absolute Gasteiger partial charge is 0.138 e. The van der Waals surface area contributed by atoms with Crippen molar-refractivity contribution in [1.29, 1.82) is 0 Å². The molecular weight excluding hydrogens is 232 g/mol. The van der Waals surface area contributed by atoms with Crippen LogP contribution in [0.1, 0.15) is 103 Å². The molecule has 1 nitrogen and oxygen atoms in total. The third-order valence-electron chi connectivity index (χ3n) is 3.82. The standard InChI is InChI=1S/C18H35O/c1-2-3-4-5-6-7-8-9-10-11-12-13-14-15-16-17-18-19/h17-18H,2-16H2,1H3. The monoisotopic (exact) mass is 267 g/mol. The van der Waals surface area contributed by atoms with Gasteiger partial charge in [-0.2, -0.15) is 0 Å². The summed E-state index contributed by atoms with van der Waals surface area (Å²) in [6, 6.07) is 0. The average Bonchev–Trinajstić information content (AvgIpc) is 2.43. The van der Waals surface area contributed by atoms with Crippen LogP contribution in [-0.2, 0) is 5.11 Å². The summed E-state index contributed by atoms with van der Waals surface area (Å²) in [6.07, 6.45) is 23.1. The van der Waals surface area contributed by atoms with Crippen molar-refractivity contribution in [3.05, 3.63) is 12.3 Å². The lowest BCUT2D eigenvalue weighted by molar-refractivity contribution is 0.349. The van der Waals surface area contributed by atoms with E-state index >= 15 is 0 Å². The van der Waals surface area contributed by atoms with E-state index in [-0.39, 0.29) is 0 Å². The van der Waals surface area contributed by atoms with Crippen LogP contribution in [0.2, 0.25) is 0 Å². The van der Waals surface area contributed by atoms with Gasteiger partial charge in [0.25, 0.3) is 0 Å². The molecule has 0 aromatic heterocycles. The third-order valence-corrected chi connectivity index (χ3v) is 3.82. The van der Waals surface area contributed by atoms with Gasteiger partial charge in [0.15, 0.2) is 0 Å².